The van der Waals surface area contributed by atoms with Gasteiger partial charge >= 0.3 is 6.61 Å². The summed E-state index contributed by atoms with van der Waals surface area (Å²) in [5.41, 5.74) is 1.45. The van der Waals surface area contributed by atoms with Gasteiger partial charge in [0, 0.05) is 18.7 Å². The summed E-state index contributed by atoms with van der Waals surface area (Å²) in [5, 5.41) is 6.27. The van der Waals surface area contributed by atoms with Gasteiger partial charge in [0.15, 0.2) is 17.5 Å². The quantitative estimate of drug-likeness (QED) is 0.410. The van der Waals surface area contributed by atoms with E-state index in [9.17, 15) is 8.78 Å². The molecular weight excluding hydrogens is 408 g/mol. The van der Waals surface area contributed by atoms with Crippen LogP contribution in [0.15, 0.2) is 41.4 Å². The van der Waals surface area contributed by atoms with Crippen LogP contribution >= 0.6 is 0 Å². The molecule has 0 aliphatic carbocycles. The van der Waals surface area contributed by atoms with Gasteiger partial charge in [0.1, 0.15) is 11.5 Å². The zero-order valence-corrected chi connectivity index (χ0v) is 18.2. The predicted octanol–water partition coefficient (Wildman–Crippen LogP) is 3.96. The van der Waals surface area contributed by atoms with Crippen LogP contribution in [0, 0.1) is 0 Å². The molecule has 0 aliphatic heterocycles. The maximum Gasteiger partial charge on any atom is 0.387 e. The molecule has 0 heterocycles. The Morgan fingerprint density at radius 3 is 2.39 bits per heavy atom. The molecule has 0 aliphatic rings. The first-order chi connectivity index (χ1) is 15.0. The second-order valence-electron chi connectivity index (χ2n) is 6.32. The lowest BCUT2D eigenvalue weighted by atomic mass is 10.2. The van der Waals surface area contributed by atoms with E-state index in [4.69, 9.17) is 14.2 Å². The molecule has 2 aromatic rings. The zero-order valence-electron chi connectivity index (χ0n) is 18.2. The van der Waals surface area contributed by atoms with Gasteiger partial charge in [-0.25, -0.2) is 4.99 Å². The normalized spacial score (nSPS) is 11.3. The van der Waals surface area contributed by atoms with E-state index in [0.717, 1.165) is 5.56 Å². The minimum absolute atomic E-state index is 0.0791. The van der Waals surface area contributed by atoms with Gasteiger partial charge in [-0.05, 0) is 49.7 Å². The summed E-state index contributed by atoms with van der Waals surface area (Å²) in [7, 11) is 3.10. The monoisotopic (exact) mass is 437 g/mol. The molecule has 0 aromatic heterocycles. The van der Waals surface area contributed by atoms with Crippen LogP contribution in [0.3, 0.4) is 0 Å². The van der Waals surface area contributed by atoms with Crippen molar-refractivity contribution in [3.05, 3.63) is 47.5 Å². The molecule has 31 heavy (non-hydrogen) atoms. The van der Waals surface area contributed by atoms with Gasteiger partial charge in [-0.3, -0.25) is 0 Å². The highest BCUT2D eigenvalue weighted by atomic mass is 19.3. The number of nitrogens with one attached hydrogen (secondary N) is 2. The van der Waals surface area contributed by atoms with Gasteiger partial charge < -0.3 is 29.6 Å². The SMILES string of the molecule is CCNC(=NCc1ccc(OCC)c(OC)c1)NCc1cc(OC)ccc1OC(F)F. The number of nitrogens with zero attached hydrogens (tertiary/aromatic N) is 1. The molecule has 9 heteroatoms. The first kappa shape index (κ1) is 24.0. The number of hydrogen-bond donors (Lipinski definition) is 2. The smallest absolute Gasteiger partial charge is 0.387 e. The van der Waals surface area contributed by atoms with Gasteiger partial charge in [0.05, 0.1) is 27.4 Å². The van der Waals surface area contributed by atoms with E-state index in [0.29, 0.717) is 48.5 Å². The molecule has 0 saturated carbocycles. The van der Waals surface area contributed by atoms with Crippen molar-refractivity contribution in [2.45, 2.75) is 33.5 Å². The zero-order chi connectivity index (χ0) is 22.6. The molecule has 0 unspecified atom stereocenters. The number of alkyl halides is 2. The van der Waals surface area contributed by atoms with E-state index in [1.807, 2.05) is 32.0 Å². The van der Waals surface area contributed by atoms with E-state index in [1.54, 1.807) is 19.2 Å². The first-order valence-corrected chi connectivity index (χ1v) is 9.94. The van der Waals surface area contributed by atoms with Crippen LogP contribution in [0.4, 0.5) is 8.78 Å². The van der Waals surface area contributed by atoms with Gasteiger partial charge in [0.2, 0.25) is 0 Å². The molecule has 7 nitrogen and oxygen atoms in total. The maximum atomic E-state index is 12.7. The van der Waals surface area contributed by atoms with Crippen molar-refractivity contribution in [3.8, 4) is 23.0 Å². The fourth-order valence-electron chi connectivity index (χ4n) is 2.81. The Balaban J connectivity index is 2.13. The van der Waals surface area contributed by atoms with E-state index < -0.39 is 6.61 Å². The molecule has 0 spiro atoms. The summed E-state index contributed by atoms with van der Waals surface area (Å²) >= 11 is 0. The van der Waals surface area contributed by atoms with E-state index >= 15 is 0 Å². The highest BCUT2D eigenvalue weighted by molar-refractivity contribution is 5.79. The number of aliphatic imine (C=N–C) groups is 1. The van der Waals surface area contributed by atoms with Gasteiger partial charge in [-0.2, -0.15) is 8.78 Å². The van der Waals surface area contributed by atoms with Crippen molar-refractivity contribution in [2.24, 2.45) is 4.99 Å². The van der Waals surface area contributed by atoms with Crippen molar-refractivity contribution < 1.29 is 27.7 Å². The van der Waals surface area contributed by atoms with E-state index in [-0.39, 0.29) is 12.3 Å². The predicted molar refractivity (Wildman–Crippen MR) is 115 cm³/mol. The van der Waals surface area contributed by atoms with Gasteiger partial charge in [0.25, 0.3) is 0 Å². The second kappa shape index (κ2) is 12.5. The molecule has 170 valence electrons. The largest absolute Gasteiger partial charge is 0.497 e. The summed E-state index contributed by atoms with van der Waals surface area (Å²) in [6.45, 7) is 2.72. The molecular formula is C22H29F2N3O4. The summed E-state index contributed by atoms with van der Waals surface area (Å²) in [5.74, 6) is 2.46. The number of halogens is 2. The van der Waals surface area contributed by atoms with E-state index in [2.05, 4.69) is 20.4 Å². The summed E-state index contributed by atoms with van der Waals surface area (Å²) in [6, 6.07) is 10.3. The average molecular weight is 437 g/mol. The minimum atomic E-state index is -2.91. The lowest BCUT2D eigenvalue weighted by Crippen LogP contribution is -2.36. The van der Waals surface area contributed by atoms with Crippen LogP contribution in [-0.2, 0) is 13.1 Å². The van der Waals surface area contributed by atoms with E-state index in [1.165, 1.54) is 13.2 Å². The molecule has 0 radical (unpaired) electrons. The molecule has 0 amide bonds. The third-order valence-corrected chi connectivity index (χ3v) is 4.22. The fourth-order valence-corrected chi connectivity index (χ4v) is 2.81. The van der Waals surface area contributed by atoms with Crippen molar-refractivity contribution in [3.63, 3.8) is 0 Å². The summed E-state index contributed by atoms with van der Waals surface area (Å²) in [6.07, 6.45) is 0. The topological polar surface area (TPSA) is 73.3 Å². The number of methoxy groups -OCH3 is 2. The number of ether oxygens (including phenoxy) is 4. The maximum absolute atomic E-state index is 12.7. The third kappa shape index (κ3) is 7.51. The second-order valence-corrected chi connectivity index (χ2v) is 6.32. The Kier molecular flexibility index (Phi) is 9.67. The number of guanidine groups is 1. The van der Waals surface area contributed by atoms with Crippen LogP contribution in [-0.4, -0.2) is 39.9 Å². The Morgan fingerprint density at radius 2 is 1.74 bits per heavy atom. The van der Waals surface area contributed by atoms with Gasteiger partial charge in [-0.15, -0.1) is 0 Å². The number of rotatable bonds is 11. The first-order valence-electron chi connectivity index (χ1n) is 9.94. The fraction of sp³-hybridized carbons (Fsp3) is 0.409. The molecule has 0 fully saturated rings. The van der Waals surface area contributed by atoms with Crippen molar-refractivity contribution in [1.29, 1.82) is 0 Å². The van der Waals surface area contributed by atoms with Crippen molar-refractivity contribution in [2.75, 3.05) is 27.4 Å². The lowest BCUT2D eigenvalue weighted by molar-refractivity contribution is -0.0505. The number of benzene rings is 2. The van der Waals surface area contributed by atoms with Crippen molar-refractivity contribution in [1.82, 2.24) is 10.6 Å². The highest BCUT2D eigenvalue weighted by Gasteiger charge is 2.12. The van der Waals surface area contributed by atoms with Crippen LogP contribution in [0.2, 0.25) is 0 Å². The summed E-state index contributed by atoms with van der Waals surface area (Å²) < 4.78 is 46.1. The lowest BCUT2D eigenvalue weighted by Gasteiger charge is -2.15. The molecule has 2 rings (SSSR count). The van der Waals surface area contributed by atoms with Crippen LogP contribution in [0.5, 0.6) is 23.0 Å². The number of hydrogen-bond acceptors (Lipinski definition) is 5. The molecule has 2 aromatic carbocycles. The molecule has 0 saturated heterocycles. The third-order valence-electron chi connectivity index (χ3n) is 4.22. The molecule has 0 atom stereocenters. The van der Waals surface area contributed by atoms with Crippen LogP contribution in [0.1, 0.15) is 25.0 Å². The average Bonchev–Trinajstić information content (AvgIpc) is 2.77. The molecule has 2 N–H and O–H groups in total. The van der Waals surface area contributed by atoms with Crippen LogP contribution < -0.4 is 29.6 Å². The minimum Gasteiger partial charge on any atom is -0.497 e. The standard InChI is InChI=1S/C22H29F2N3O4/c1-5-25-22(26-13-15-7-9-19(30-6-2)20(11-15)29-4)27-14-16-12-17(28-3)8-10-18(16)31-21(23)24/h7-12,21H,5-6,13-14H2,1-4H3,(H2,25,26,27). The summed E-state index contributed by atoms with van der Waals surface area (Å²) in [4.78, 5) is 4.56. The Labute approximate surface area is 181 Å². The molecule has 0 bridgehead atoms. The van der Waals surface area contributed by atoms with Crippen molar-refractivity contribution >= 4 is 5.96 Å². The highest BCUT2D eigenvalue weighted by Crippen LogP contribution is 2.28. The van der Waals surface area contributed by atoms with Crippen LogP contribution in [0.25, 0.3) is 0 Å². The Hall–Kier alpha value is -3.23. The Bertz CT molecular complexity index is 863. The Morgan fingerprint density at radius 1 is 0.968 bits per heavy atom. The van der Waals surface area contributed by atoms with Gasteiger partial charge in [-0.1, -0.05) is 6.07 Å².